The first-order valence-corrected chi connectivity index (χ1v) is 11.3. The van der Waals surface area contributed by atoms with Gasteiger partial charge >= 0.3 is 106 Å². The molecule has 0 saturated carbocycles. The van der Waals surface area contributed by atoms with Crippen molar-refractivity contribution in [1.29, 1.82) is 0 Å². The maximum atomic E-state index is 6.07. The van der Waals surface area contributed by atoms with Gasteiger partial charge in [0.1, 0.15) is 0 Å². The maximum absolute atomic E-state index is 6.07. The Hall–Kier alpha value is 0.843. The van der Waals surface area contributed by atoms with E-state index in [1.165, 1.54) is 53.2 Å². The first kappa shape index (κ1) is 15.8. The monoisotopic (exact) mass is 291 g/mol. The van der Waals surface area contributed by atoms with Crippen molar-refractivity contribution in [2.45, 2.75) is 74.0 Å². The second-order valence-corrected chi connectivity index (χ2v) is 10.6. The van der Waals surface area contributed by atoms with Crippen molar-refractivity contribution in [1.82, 2.24) is 0 Å². The fourth-order valence-electron chi connectivity index (χ4n) is 1.67. The van der Waals surface area contributed by atoms with Crippen molar-refractivity contribution in [3.63, 3.8) is 0 Å². The van der Waals surface area contributed by atoms with E-state index in [2.05, 4.69) is 20.8 Å². The van der Waals surface area contributed by atoms with E-state index in [0.29, 0.717) is 0 Å². The fraction of sp³-hybridized carbons (Fsp3) is 1.00. The predicted molar refractivity (Wildman–Crippen MR) is 64.9 cm³/mol. The van der Waals surface area contributed by atoms with Crippen molar-refractivity contribution >= 4 is 0 Å². The van der Waals surface area contributed by atoms with Crippen LogP contribution in [0.15, 0.2) is 0 Å². The van der Waals surface area contributed by atoms with Crippen LogP contribution in [-0.4, -0.2) is 6.61 Å². The number of hydrogen-bond donors (Lipinski definition) is 0. The van der Waals surface area contributed by atoms with Crippen molar-refractivity contribution in [3.8, 4) is 0 Å². The molecule has 91 valence electrons. The van der Waals surface area contributed by atoms with Gasteiger partial charge in [0.25, 0.3) is 0 Å². The van der Waals surface area contributed by atoms with Gasteiger partial charge in [0.2, 0.25) is 0 Å². The quantitative estimate of drug-likeness (QED) is 0.478. The molecule has 0 fully saturated rings. The van der Waals surface area contributed by atoms with E-state index >= 15 is 0 Å². The predicted octanol–water partition coefficient (Wildman–Crippen LogP) is 5.16. The summed E-state index contributed by atoms with van der Waals surface area (Å²) in [7, 11) is 0. The van der Waals surface area contributed by atoms with Gasteiger partial charge in [-0.05, 0) is 0 Å². The van der Waals surface area contributed by atoms with Crippen LogP contribution in [0, 0.1) is 0 Å². The Morgan fingerprint density at radius 1 is 0.800 bits per heavy atom. The second kappa shape index (κ2) is 12.9. The number of rotatable bonds is 11. The Morgan fingerprint density at radius 2 is 1.47 bits per heavy atom. The molecule has 0 aliphatic rings. The Labute approximate surface area is 105 Å². The zero-order valence-corrected chi connectivity index (χ0v) is 13.4. The zero-order chi connectivity index (χ0) is 11.4. The van der Waals surface area contributed by atoms with Crippen molar-refractivity contribution < 1.29 is 25.0 Å². The third-order valence-corrected chi connectivity index (χ3v) is 8.44. The molecule has 0 aliphatic carbocycles. The molecule has 0 aliphatic heterocycles. The summed E-state index contributed by atoms with van der Waals surface area (Å²) in [6.45, 7) is 7.92. The van der Waals surface area contributed by atoms with Gasteiger partial charge < -0.3 is 0 Å². The summed E-state index contributed by atoms with van der Waals surface area (Å²) in [5, 5.41) is 0. The van der Waals surface area contributed by atoms with Gasteiger partial charge in [-0.15, -0.1) is 0 Å². The van der Waals surface area contributed by atoms with Gasteiger partial charge in [0.05, 0.1) is 0 Å². The molecular weight excluding hydrogens is 263 g/mol. The third kappa shape index (κ3) is 11.1. The molecule has 0 bridgehead atoms. The average Bonchev–Trinajstić information content (AvgIpc) is 2.27. The normalized spacial score (nSPS) is 10.6. The van der Waals surface area contributed by atoms with Gasteiger partial charge in [0, 0.05) is 0 Å². The van der Waals surface area contributed by atoms with Crippen LogP contribution in [-0.2, 0) is 25.0 Å². The van der Waals surface area contributed by atoms with Gasteiger partial charge in [-0.3, -0.25) is 0 Å². The fourth-order valence-corrected chi connectivity index (χ4v) is 6.04. The molecule has 0 aromatic heterocycles. The Balaban J connectivity index is 3.29. The molecule has 0 heterocycles. The Bertz CT molecular complexity index is 105. The van der Waals surface area contributed by atoms with Gasteiger partial charge in [0.15, 0.2) is 0 Å². The zero-order valence-electron chi connectivity index (χ0n) is 11.0. The van der Waals surface area contributed by atoms with Crippen LogP contribution < -0.4 is 0 Å². The molecule has 0 N–H and O–H groups in total. The molecule has 0 aromatic rings. The topological polar surface area (TPSA) is 9.23 Å². The van der Waals surface area contributed by atoms with Crippen molar-refractivity contribution in [2.75, 3.05) is 6.61 Å². The van der Waals surface area contributed by atoms with Crippen LogP contribution in [0.5, 0.6) is 0 Å². The molecule has 0 spiro atoms. The molecule has 0 atom stereocenters. The summed E-state index contributed by atoms with van der Waals surface area (Å²) in [6.07, 6.45) is 9.57. The molecule has 0 aromatic carbocycles. The first-order chi connectivity index (χ1) is 7.35. The van der Waals surface area contributed by atoms with Crippen LogP contribution in [0.1, 0.15) is 65.7 Å². The van der Waals surface area contributed by atoms with E-state index in [-0.39, 0.29) is 0 Å². The molecule has 0 amide bonds. The molecular formula is C13H29OZr. The van der Waals surface area contributed by atoms with E-state index < -0.39 is 22.2 Å². The molecule has 0 radical (unpaired) electrons. The number of hydrogen-bond acceptors (Lipinski definition) is 1. The standard InChI is InChI=1S/C6H13.C5H11O.C2H5.Zr/c1-3-5-6-4-2;1-2-3-4-5-6;1-2;/h1,3-6H2,2H3;2-5H2,1H3;1H2,2H3;/q;-1;;+1. The molecule has 15 heavy (non-hydrogen) atoms. The Kier molecular flexibility index (Phi) is 13.6. The molecule has 0 saturated heterocycles. The van der Waals surface area contributed by atoms with Gasteiger partial charge in [-0.25, -0.2) is 0 Å². The van der Waals surface area contributed by atoms with E-state index in [1.807, 2.05) is 0 Å². The van der Waals surface area contributed by atoms with Crippen LogP contribution in [0.25, 0.3) is 0 Å². The van der Waals surface area contributed by atoms with Crippen LogP contribution in [0.4, 0.5) is 0 Å². The molecule has 1 nitrogen and oxygen atoms in total. The van der Waals surface area contributed by atoms with E-state index in [1.54, 1.807) is 0 Å². The van der Waals surface area contributed by atoms with Gasteiger partial charge in [-0.1, -0.05) is 0 Å². The van der Waals surface area contributed by atoms with E-state index in [9.17, 15) is 0 Å². The van der Waals surface area contributed by atoms with E-state index in [4.69, 9.17) is 2.81 Å². The summed E-state index contributed by atoms with van der Waals surface area (Å²) < 4.78 is 8.91. The second-order valence-electron chi connectivity index (χ2n) is 4.26. The van der Waals surface area contributed by atoms with Crippen LogP contribution >= 0.6 is 0 Å². The summed E-state index contributed by atoms with van der Waals surface area (Å²) >= 11 is -1.35. The summed E-state index contributed by atoms with van der Waals surface area (Å²) in [6, 6.07) is 0. The van der Waals surface area contributed by atoms with Crippen LogP contribution in [0.3, 0.4) is 0 Å². The molecule has 2 heteroatoms. The Morgan fingerprint density at radius 3 is 2.07 bits per heavy atom. The summed E-state index contributed by atoms with van der Waals surface area (Å²) in [4.78, 5) is 0. The molecule has 0 unspecified atom stereocenters. The minimum absolute atomic E-state index is 1.06. The summed E-state index contributed by atoms with van der Waals surface area (Å²) in [5.41, 5.74) is 0. The SMILES string of the molecule is CCCCC[CH2][Zr]([CH2]C)[O]CCCCC. The van der Waals surface area contributed by atoms with Gasteiger partial charge in [-0.2, -0.15) is 0 Å². The average molecular weight is 293 g/mol. The summed E-state index contributed by atoms with van der Waals surface area (Å²) in [5.74, 6) is 0. The molecule has 0 rings (SSSR count). The number of unbranched alkanes of at least 4 members (excludes halogenated alkanes) is 5. The van der Waals surface area contributed by atoms with Crippen molar-refractivity contribution in [2.24, 2.45) is 0 Å². The minimum atomic E-state index is -1.35. The van der Waals surface area contributed by atoms with Crippen molar-refractivity contribution in [3.05, 3.63) is 0 Å². The van der Waals surface area contributed by atoms with Crippen LogP contribution in [0.2, 0.25) is 8.26 Å². The van der Waals surface area contributed by atoms with E-state index in [0.717, 1.165) is 6.61 Å². The third-order valence-electron chi connectivity index (χ3n) is 2.76. The first-order valence-electron chi connectivity index (χ1n) is 6.82.